The Hall–Kier alpha value is -1.26. The van der Waals surface area contributed by atoms with E-state index < -0.39 is 5.97 Å². The maximum Gasteiger partial charge on any atom is 0.315 e. The van der Waals surface area contributed by atoms with Crippen LogP contribution in [0.1, 0.15) is 59.3 Å². The topological polar surface area (TPSA) is 78.4 Å². The van der Waals surface area contributed by atoms with Crippen LogP contribution in [0, 0.1) is 11.8 Å². The summed E-state index contributed by atoms with van der Waals surface area (Å²) in [6.07, 6.45) is 5.64. The molecule has 0 spiro atoms. The van der Waals surface area contributed by atoms with Crippen LogP contribution in [0.5, 0.6) is 0 Å². The van der Waals surface area contributed by atoms with E-state index in [2.05, 4.69) is 17.6 Å². The van der Waals surface area contributed by atoms with Gasteiger partial charge in [-0.2, -0.15) is 0 Å². The zero-order valence-electron chi connectivity index (χ0n) is 12.8. The molecule has 0 heterocycles. The molecule has 5 heteroatoms. The number of carbonyl (C=O) groups excluding carboxylic acids is 1. The number of amides is 2. The van der Waals surface area contributed by atoms with Crippen molar-refractivity contribution in [3.05, 3.63) is 0 Å². The third-order valence-corrected chi connectivity index (χ3v) is 4.27. The zero-order chi connectivity index (χ0) is 15.1. The fourth-order valence-electron chi connectivity index (χ4n) is 2.91. The van der Waals surface area contributed by atoms with Gasteiger partial charge in [-0.1, -0.05) is 40.0 Å². The Kier molecular flexibility index (Phi) is 6.82. The van der Waals surface area contributed by atoms with Crippen LogP contribution >= 0.6 is 0 Å². The molecule has 0 aromatic carbocycles. The largest absolute Gasteiger partial charge is 0.481 e. The summed E-state index contributed by atoms with van der Waals surface area (Å²) < 4.78 is 0. The summed E-state index contributed by atoms with van der Waals surface area (Å²) in [5, 5.41) is 14.7. The Morgan fingerprint density at radius 3 is 2.45 bits per heavy atom. The lowest BCUT2D eigenvalue weighted by molar-refractivity contribution is -0.137. The molecule has 0 aromatic heterocycles. The normalized spacial score (nSPS) is 24.2. The average molecular weight is 284 g/mol. The summed E-state index contributed by atoms with van der Waals surface area (Å²) in [7, 11) is 0. The first-order valence-corrected chi connectivity index (χ1v) is 7.72. The van der Waals surface area contributed by atoms with Crippen LogP contribution in [0.15, 0.2) is 0 Å². The smallest absolute Gasteiger partial charge is 0.315 e. The minimum Gasteiger partial charge on any atom is -0.481 e. The van der Waals surface area contributed by atoms with Crippen LogP contribution in [0.3, 0.4) is 0 Å². The zero-order valence-corrected chi connectivity index (χ0v) is 12.8. The van der Waals surface area contributed by atoms with E-state index >= 15 is 0 Å². The number of carboxylic acid groups (broad SMARTS) is 1. The number of rotatable bonds is 6. The summed E-state index contributed by atoms with van der Waals surface area (Å²) in [4.78, 5) is 22.9. The monoisotopic (exact) mass is 284 g/mol. The van der Waals surface area contributed by atoms with Crippen molar-refractivity contribution in [2.75, 3.05) is 0 Å². The van der Waals surface area contributed by atoms with Gasteiger partial charge in [-0.3, -0.25) is 4.79 Å². The molecule has 116 valence electrons. The maximum atomic E-state index is 12.1. The fraction of sp³-hybridized carbons (Fsp3) is 0.867. The molecule has 1 saturated carbocycles. The number of hydrogen-bond acceptors (Lipinski definition) is 2. The lowest BCUT2D eigenvalue weighted by Crippen LogP contribution is -2.51. The quantitative estimate of drug-likeness (QED) is 0.701. The van der Waals surface area contributed by atoms with Gasteiger partial charge in [0.25, 0.3) is 0 Å². The molecule has 0 saturated heterocycles. The van der Waals surface area contributed by atoms with Crippen molar-refractivity contribution in [3.63, 3.8) is 0 Å². The number of aliphatic carboxylic acids is 1. The molecular formula is C15H28N2O3. The van der Waals surface area contributed by atoms with Gasteiger partial charge < -0.3 is 15.7 Å². The van der Waals surface area contributed by atoms with Crippen molar-refractivity contribution in [1.82, 2.24) is 10.6 Å². The van der Waals surface area contributed by atoms with Crippen LogP contribution in [-0.2, 0) is 4.79 Å². The first kappa shape index (κ1) is 16.8. The van der Waals surface area contributed by atoms with Gasteiger partial charge in [0, 0.05) is 12.1 Å². The van der Waals surface area contributed by atoms with Gasteiger partial charge >= 0.3 is 12.0 Å². The van der Waals surface area contributed by atoms with Crippen LogP contribution in [-0.4, -0.2) is 29.2 Å². The highest BCUT2D eigenvalue weighted by Crippen LogP contribution is 2.26. The van der Waals surface area contributed by atoms with Gasteiger partial charge in [-0.05, 0) is 24.7 Å². The lowest BCUT2D eigenvalue weighted by Gasteiger charge is -2.32. The van der Waals surface area contributed by atoms with E-state index in [-0.39, 0.29) is 30.5 Å². The Bertz CT molecular complexity index is 331. The summed E-state index contributed by atoms with van der Waals surface area (Å²) in [6.45, 7) is 6.00. The van der Waals surface area contributed by atoms with Gasteiger partial charge in [0.05, 0.1) is 6.42 Å². The van der Waals surface area contributed by atoms with Gasteiger partial charge in [0.15, 0.2) is 0 Å². The van der Waals surface area contributed by atoms with Crippen molar-refractivity contribution >= 4 is 12.0 Å². The van der Waals surface area contributed by atoms with Crippen LogP contribution < -0.4 is 10.6 Å². The highest BCUT2D eigenvalue weighted by Gasteiger charge is 2.26. The van der Waals surface area contributed by atoms with Crippen molar-refractivity contribution in [2.24, 2.45) is 11.8 Å². The van der Waals surface area contributed by atoms with E-state index in [1.54, 1.807) is 0 Å². The molecule has 1 aliphatic carbocycles. The maximum absolute atomic E-state index is 12.1. The molecule has 0 radical (unpaired) electrons. The van der Waals surface area contributed by atoms with Crippen molar-refractivity contribution < 1.29 is 14.7 Å². The Morgan fingerprint density at radius 1 is 1.25 bits per heavy atom. The SMILES string of the molecule is CCC1CCCCC1NC(=O)NC(CC(=O)O)C(C)C. The van der Waals surface area contributed by atoms with Gasteiger partial charge in [-0.25, -0.2) is 4.79 Å². The Labute approximate surface area is 121 Å². The number of nitrogens with one attached hydrogen (secondary N) is 2. The molecule has 0 aliphatic heterocycles. The summed E-state index contributed by atoms with van der Waals surface area (Å²) in [5.74, 6) is -0.232. The summed E-state index contributed by atoms with van der Waals surface area (Å²) >= 11 is 0. The predicted octanol–water partition coefficient (Wildman–Crippen LogP) is 2.75. The highest BCUT2D eigenvalue weighted by atomic mass is 16.4. The molecule has 1 aliphatic rings. The van der Waals surface area contributed by atoms with Crippen molar-refractivity contribution in [3.8, 4) is 0 Å². The molecule has 3 unspecified atom stereocenters. The molecule has 20 heavy (non-hydrogen) atoms. The minimum atomic E-state index is -0.881. The number of hydrogen-bond donors (Lipinski definition) is 3. The molecule has 0 aromatic rings. The summed E-state index contributed by atoms with van der Waals surface area (Å²) in [5.41, 5.74) is 0. The average Bonchev–Trinajstić information content (AvgIpc) is 2.37. The molecular weight excluding hydrogens is 256 g/mol. The third kappa shape index (κ3) is 5.39. The number of carbonyl (C=O) groups is 2. The highest BCUT2D eigenvalue weighted by molar-refractivity contribution is 5.76. The minimum absolute atomic E-state index is 0.0348. The van der Waals surface area contributed by atoms with E-state index in [1.165, 1.54) is 12.8 Å². The lowest BCUT2D eigenvalue weighted by atomic mass is 9.83. The van der Waals surface area contributed by atoms with E-state index in [4.69, 9.17) is 5.11 Å². The molecule has 1 fully saturated rings. The Morgan fingerprint density at radius 2 is 1.90 bits per heavy atom. The third-order valence-electron chi connectivity index (χ3n) is 4.27. The molecule has 3 N–H and O–H groups in total. The molecule has 2 amide bonds. The summed E-state index contributed by atoms with van der Waals surface area (Å²) in [6, 6.07) is -0.321. The second kappa shape index (κ2) is 8.12. The van der Waals surface area contributed by atoms with Gasteiger partial charge in [0.1, 0.15) is 0 Å². The Balaban J connectivity index is 2.49. The first-order chi connectivity index (χ1) is 9.43. The van der Waals surface area contributed by atoms with E-state index in [9.17, 15) is 9.59 Å². The number of urea groups is 1. The van der Waals surface area contributed by atoms with Gasteiger partial charge in [-0.15, -0.1) is 0 Å². The van der Waals surface area contributed by atoms with Crippen molar-refractivity contribution in [1.29, 1.82) is 0 Å². The van der Waals surface area contributed by atoms with Crippen LogP contribution in [0.25, 0.3) is 0 Å². The second-order valence-electron chi connectivity index (χ2n) is 6.13. The molecule has 3 atom stereocenters. The van der Waals surface area contributed by atoms with Gasteiger partial charge in [0.2, 0.25) is 0 Å². The standard InChI is InChI=1S/C15H28N2O3/c1-4-11-7-5-6-8-12(11)16-15(20)17-13(10(2)3)9-14(18)19/h10-13H,4-9H2,1-3H3,(H,18,19)(H2,16,17,20). The molecule has 5 nitrogen and oxygen atoms in total. The molecule has 0 bridgehead atoms. The van der Waals surface area contributed by atoms with Crippen LogP contribution in [0.2, 0.25) is 0 Å². The second-order valence-corrected chi connectivity index (χ2v) is 6.13. The van der Waals surface area contributed by atoms with E-state index in [1.807, 2.05) is 13.8 Å². The fourth-order valence-corrected chi connectivity index (χ4v) is 2.91. The number of carboxylic acids is 1. The van der Waals surface area contributed by atoms with Crippen LogP contribution in [0.4, 0.5) is 4.79 Å². The van der Waals surface area contributed by atoms with E-state index in [0.29, 0.717) is 5.92 Å². The first-order valence-electron chi connectivity index (χ1n) is 7.72. The van der Waals surface area contributed by atoms with E-state index in [0.717, 1.165) is 19.3 Å². The predicted molar refractivity (Wildman–Crippen MR) is 78.6 cm³/mol. The van der Waals surface area contributed by atoms with Crippen molar-refractivity contribution in [2.45, 2.75) is 71.4 Å². The molecule has 1 rings (SSSR count).